The summed E-state index contributed by atoms with van der Waals surface area (Å²) >= 11 is -10.0. The summed E-state index contributed by atoms with van der Waals surface area (Å²) < 4.78 is 8.56. The van der Waals surface area contributed by atoms with E-state index in [4.69, 9.17) is 0 Å². The molecule has 4 aliphatic heterocycles. The van der Waals surface area contributed by atoms with Gasteiger partial charge in [0.1, 0.15) is 0 Å². The summed E-state index contributed by atoms with van der Waals surface area (Å²) in [6.45, 7) is 39.4. The van der Waals surface area contributed by atoms with E-state index in [0.29, 0.717) is 0 Å². The average Bonchev–Trinajstić information content (AvgIpc) is 1.31. The second-order valence-corrected chi connectivity index (χ2v) is 45.6. The van der Waals surface area contributed by atoms with E-state index in [-0.39, 0.29) is 52.1 Å². The average molecular weight is 1340 g/mol. The summed E-state index contributed by atoms with van der Waals surface area (Å²) in [6.07, 6.45) is 5.58. The molecule has 9 aromatic rings. The molecule has 0 aromatic heterocycles. The molecule has 0 nitrogen and oxygen atoms in total. The number of rotatable bonds is 14. The zero-order valence-electron chi connectivity index (χ0n) is 58.6. The van der Waals surface area contributed by atoms with Crippen LogP contribution in [0.25, 0.3) is 47.8 Å². The molecule has 2 heteroatoms. The Balaban J connectivity index is 1.46. The van der Waals surface area contributed by atoms with E-state index in [1.165, 1.54) is 102 Å². The zero-order valence-corrected chi connectivity index (χ0v) is 62.8. The van der Waals surface area contributed by atoms with Crippen molar-refractivity contribution in [2.75, 3.05) is 0 Å². The van der Waals surface area contributed by atoms with Crippen LogP contribution >= 0.6 is 0 Å². The molecule has 0 saturated carbocycles. The van der Waals surface area contributed by atoms with E-state index in [2.05, 4.69) is 359 Å². The summed E-state index contributed by atoms with van der Waals surface area (Å²) in [7, 11) is 0. The van der Waals surface area contributed by atoms with Crippen molar-refractivity contribution in [1.29, 1.82) is 0 Å². The second-order valence-electron chi connectivity index (χ2n) is 29.7. The normalized spacial score (nSPS) is 19.5. The van der Waals surface area contributed by atoms with Crippen LogP contribution in [0, 0.1) is 35.5 Å². The summed E-state index contributed by atoms with van der Waals surface area (Å²) in [4.78, 5) is 0. The van der Waals surface area contributed by atoms with Gasteiger partial charge in [0, 0.05) is 0 Å². The van der Waals surface area contributed by atoms with Crippen LogP contribution in [0.3, 0.4) is 0 Å². The second kappa shape index (κ2) is 25.7. The molecular weight excluding hydrogens is 1250 g/mol. The van der Waals surface area contributed by atoms with Gasteiger partial charge in [-0.3, -0.25) is 0 Å². The summed E-state index contributed by atoms with van der Waals surface area (Å²) in [6, 6.07) is 83.0. The summed E-state index contributed by atoms with van der Waals surface area (Å²) in [5, 5.41) is 0. The third-order valence-corrected chi connectivity index (χ3v) is 49.3. The Kier molecular flexibility index (Phi) is 17.7. The molecule has 0 amide bonds. The van der Waals surface area contributed by atoms with Gasteiger partial charge in [-0.25, -0.2) is 0 Å². The van der Waals surface area contributed by atoms with Crippen molar-refractivity contribution in [1.82, 2.24) is 0 Å². The van der Waals surface area contributed by atoms with E-state index in [0.717, 1.165) is 11.1 Å². The number of benzene rings is 9. The van der Waals surface area contributed by atoms with Crippen molar-refractivity contribution in [3.8, 4) is 57.1 Å². The zero-order chi connectivity index (χ0) is 66.1. The van der Waals surface area contributed by atoms with Crippen LogP contribution < -0.4 is 8.79 Å². The third kappa shape index (κ3) is 9.92. The monoisotopic (exact) mass is 1350 g/mol. The van der Waals surface area contributed by atoms with E-state index in [1.807, 2.05) is 0 Å². The van der Waals surface area contributed by atoms with Crippen LogP contribution in [0.1, 0.15) is 207 Å². The van der Waals surface area contributed by atoms with E-state index >= 15 is 0 Å². The molecule has 0 fully saturated rings. The molecule has 4 heterocycles. The van der Waals surface area contributed by atoms with E-state index in [1.54, 1.807) is 18.8 Å². The molecule has 470 valence electrons. The number of hydrogen-bond acceptors (Lipinski definition) is 0. The number of fused-ring (bicyclic) bond motifs is 2. The van der Waals surface area contributed by atoms with Gasteiger partial charge in [-0.15, -0.1) is 0 Å². The van der Waals surface area contributed by atoms with Gasteiger partial charge < -0.3 is 0 Å². The minimum absolute atomic E-state index is 0.00226. The Hall–Kier alpha value is -7.85. The van der Waals surface area contributed by atoms with Gasteiger partial charge in [-0.2, -0.15) is 0 Å². The van der Waals surface area contributed by atoms with Gasteiger partial charge in [0.05, 0.1) is 0 Å². The fourth-order valence-corrected chi connectivity index (χ4v) is 59.6. The summed E-state index contributed by atoms with van der Waals surface area (Å²) in [5.41, 5.74) is 25.9. The maximum absolute atomic E-state index is 5.13. The number of hydrogen-bond donors (Lipinski definition) is 0. The molecule has 2 atom stereocenters. The third-order valence-electron chi connectivity index (χ3n) is 21.8. The molecule has 2 bridgehead atoms. The first-order valence-electron chi connectivity index (χ1n) is 35.2. The maximum atomic E-state index is 4.62. The molecule has 94 heavy (non-hydrogen) atoms. The Morgan fingerprint density at radius 3 is 0.968 bits per heavy atom. The molecule has 0 radical (unpaired) electrons. The van der Waals surface area contributed by atoms with E-state index < -0.39 is 30.8 Å². The van der Waals surface area contributed by atoms with Crippen molar-refractivity contribution in [2.24, 2.45) is 11.8 Å². The molecule has 9 aromatic carbocycles. The van der Waals surface area contributed by atoms with Crippen LogP contribution in [0.15, 0.2) is 239 Å². The first-order valence-corrected chi connectivity index (χ1v) is 43.7. The minimum atomic E-state index is -5.13. The van der Waals surface area contributed by atoms with Crippen LogP contribution in [0.2, 0.25) is 9.00 Å². The Morgan fingerprint density at radius 2 is 0.638 bits per heavy atom. The van der Waals surface area contributed by atoms with Crippen molar-refractivity contribution in [2.45, 2.75) is 155 Å². The predicted octanol–water partition coefficient (Wildman–Crippen LogP) is 23.4. The van der Waals surface area contributed by atoms with Gasteiger partial charge in [0.15, 0.2) is 0 Å². The van der Waals surface area contributed by atoms with Crippen LogP contribution in [-0.2, 0) is 0 Å². The van der Waals surface area contributed by atoms with Gasteiger partial charge in [-0.05, 0) is 0 Å². The molecule has 2 unspecified atom stereocenters. The van der Waals surface area contributed by atoms with Crippen molar-refractivity contribution in [3.63, 3.8) is 0 Å². The Labute approximate surface area is 569 Å². The van der Waals surface area contributed by atoms with Crippen LogP contribution in [0.4, 0.5) is 0 Å². The molecule has 1 spiro atoms. The van der Waals surface area contributed by atoms with E-state index in [9.17, 15) is 0 Å². The molecule has 0 N–H and O–H groups in total. The molecule has 14 rings (SSSR count). The summed E-state index contributed by atoms with van der Waals surface area (Å²) in [5.74, 6) is 19.5. The van der Waals surface area contributed by atoms with Crippen molar-refractivity contribution in [3.05, 3.63) is 300 Å². The van der Waals surface area contributed by atoms with Crippen LogP contribution in [0.5, 0.6) is 0 Å². The van der Waals surface area contributed by atoms with Crippen LogP contribution in [-0.4, -0.2) is 26.5 Å². The standard InChI is InChI=1S/C92H94Ge2/c1-58(2)70-42-29-43-71(59(3)4)84(70)77-48-32-49-78(85-72(60(5)6)44-30-45-73(85)61(7)8)90(77)93-81(55-52-66-34-21-17-22-35-66)88(68-38-25-19-26-39-68)94(89(69-40-27-20-28-41-69)82(93)56-53-67-36-23-18-24-37-67)91-79(86-74(62(9)10)46-31-47-75(86)63(11)12)50-33-51-80(91)87-76(64(13)14)54-57-83(93)92(87,94)65(15)16/h17-51,54,57-65,83H,1-16H3. The van der Waals surface area contributed by atoms with Gasteiger partial charge >= 0.3 is 574 Å². The predicted molar refractivity (Wildman–Crippen MR) is 410 cm³/mol. The Morgan fingerprint density at radius 1 is 0.319 bits per heavy atom. The first kappa shape index (κ1) is 64.8. The fourth-order valence-electron chi connectivity index (χ4n) is 18.2. The van der Waals surface area contributed by atoms with Gasteiger partial charge in [0.2, 0.25) is 0 Å². The van der Waals surface area contributed by atoms with Crippen molar-refractivity contribution < 1.29 is 0 Å². The quantitative estimate of drug-likeness (QED) is 0.0752. The number of allylic oxidation sites excluding steroid dienone is 6. The first-order chi connectivity index (χ1) is 45.3. The van der Waals surface area contributed by atoms with Crippen molar-refractivity contribution >= 4 is 49.7 Å². The molecule has 0 saturated heterocycles. The van der Waals surface area contributed by atoms with Gasteiger partial charge in [0.25, 0.3) is 0 Å². The Bertz CT molecular complexity index is 4390. The molecule has 5 aliphatic rings. The molecule has 1 aliphatic carbocycles. The molecular formula is C92H94Ge2. The topological polar surface area (TPSA) is 0 Å². The fraction of sp³-hybridized carbons (Fsp3) is 0.283. The van der Waals surface area contributed by atoms with Gasteiger partial charge in [-0.1, -0.05) is 0 Å². The SMILES string of the molecule is CC(C)C1=C2c3cccc(-c4c(C(C)C)cccc4C(C)C)[c]3[Ge]34[C](c5ccccc5)=[C](C#Cc5ccccc5)[Ge]([c]5c(-c6c(C(C)C)cccc6C(C)C)cccc5-c5c(C(C)C)cccc5C(C)C)([C](C#Cc5ccccc5)=[C]3c3ccccc3)[CH](C=C1)[C]24C(C)C.